The maximum atomic E-state index is 8.55. The number of hydrogen-bond donors (Lipinski definition) is 0. The first-order valence-electron chi connectivity index (χ1n) is 2.92. The van der Waals surface area contributed by atoms with E-state index in [4.69, 9.17) is 77.0 Å². The van der Waals surface area contributed by atoms with Crippen LogP contribution >= 0.6 is 31.3 Å². The van der Waals surface area contributed by atoms with Crippen molar-refractivity contribution in [3.8, 4) is 0 Å². The molecule has 34 heteroatoms. The van der Waals surface area contributed by atoms with Crippen LogP contribution in [0.15, 0.2) is 0 Å². The first-order valence-corrected chi connectivity index (χ1v) is 8.76. The minimum absolute atomic E-state index is 0. The van der Waals surface area contributed by atoms with Gasteiger partial charge in [-0.2, -0.15) is 31.3 Å². The van der Waals surface area contributed by atoms with Crippen LogP contribution in [0.1, 0.15) is 0 Å². The minimum atomic E-state index is -5.39. The van der Waals surface area contributed by atoms with Gasteiger partial charge in [0.05, 0.1) is 0 Å². The molecule has 0 aliphatic carbocycles. The monoisotopic (exact) mass is 979 g/mol. The molecule has 0 heterocycles. The summed E-state index contributed by atoms with van der Waals surface area (Å²) in [4.78, 5) is 103. The molecule has 0 aromatic heterocycles. The maximum absolute atomic E-state index is 8.55. The Kier molecular flexibility index (Phi) is 235. The zero-order chi connectivity index (χ0) is 18.0. The van der Waals surface area contributed by atoms with Crippen molar-refractivity contribution >= 4 is 31.3 Å². The summed E-state index contributed by atoms with van der Waals surface area (Å²) in [6.45, 7) is 0. The Morgan fingerprint density at radius 1 is 0.294 bits per heavy atom. The molecule has 234 valence electrons. The Morgan fingerprint density at radius 3 is 0.294 bits per heavy atom. The molecule has 0 unspecified atom stereocenters. The predicted octanol–water partition coefficient (Wildman–Crippen LogP) is -12.5. The molecule has 0 spiro atoms. The van der Waals surface area contributed by atoms with Gasteiger partial charge in [-0.1, -0.05) is 0 Å². The van der Waals surface area contributed by atoms with Gasteiger partial charge in [0.25, 0.3) is 0 Å². The van der Waals surface area contributed by atoms with Gasteiger partial charge in [0.15, 0.2) is 0 Å². The third-order valence-corrected chi connectivity index (χ3v) is 0. The van der Waals surface area contributed by atoms with Crippen LogP contribution in [0.3, 0.4) is 0 Å². The van der Waals surface area contributed by atoms with Crippen molar-refractivity contribution in [2.45, 2.75) is 0 Å². The van der Waals surface area contributed by atoms with Crippen LogP contribution in [0.4, 0.5) is 0 Å². The summed E-state index contributed by atoms with van der Waals surface area (Å²) in [6, 6.07) is 0. The third kappa shape index (κ3) is 3190. The molecule has 0 saturated heterocycles. The van der Waals surface area contributed by atoms with Gasteiger partial charge >= 0.3 is 49.5 Å². The van der Waals surface area contributed by atoms with Crippen LogP contribution in [0, 0.1) is 0 Å². The Labute approximate surface area is 262 Å². The Morgan fingerprint density at radius 2 is 0.294 bits per heavy atom. The molecule has 0 aromatic carbocycles. The number of hydrogen-bond acceptors (Lipinski definition) is 20. The quantitative estimate of drug-likeness (QED) is 0.161. The van der Waals surface area contributed by atoms with E-state index in [1.54, 1.807) is 0 Å². The molecule has 0 amide bonds. The Balaban J connectivity index is -0.00000000552. The van der Waals surface area contributed by atoms with E-state index in [0.717, 1.165) is 0 Å². The van der Waals surface area contributed by atoms with Gasteiger partial charge < -0.3 is 121 Å². The molecular weight excluding hydrogens is 972 g/mol. The van der Waals surface area contributed by atoms with Crippen LogP contribution in [0.2, 0.25) is 0 Å². The molecule has 34 heavy (non-hydrogen) atoms. The van der Waals surface area contributed by atoms with Gasteiger partial charge in [-0.3, -0.25) is 0 Å². The van der Waals surface area contributed by atoms with Crippen molar-refractivity contribution < 1.29 is 233 Å². The normalized spacial score (nSPS) is 6.94. The third-order valence-electron chi connectivity index (χ3n) is 0. The zero-order valence-corrected chi connectivity index (χ0v) is 26.5. The first kappa shape index (κ1) is 131. The predicted molar refractivity (Wildman–Crippen MR) is 40.9 cm³/mol. The summed E-state index contributed by atoms with van der Waals surface area (Å²) >= 11 is 0. The summed E-state index contributed by atoms with van der Waals surface area (Å²) in [5.74, 6) is 0. The summed E-state index contributed by atoms with van der Waals surface area (Å²) in [5, 5.41) is 0. The van der Waals surface area contributed by atoms with Gasteiger partial charge in [-0.05, 0) is 0 Å². The first-order chi connectivity index (χ1) is 8.00. The van der Waals surface area contributed by atoms with E-state index in [-0.39, 0.29) is 156 Å². The van der Waals surface area contributed by atoms with Gasteiger partial charge in [0, 0.05) is 63.2 Å². The second-order valence-electron chi connectivity index (χ2n) is 1.79. The van der Waals surface area contributed by atoms with Crippen molar-refractivity contribution in [2.24, 2.45) is 0 Å². The van der Waals surface area contributed by atoms with E-state index in [2.05, 4.69) is 0 Å². The maximum Gasteiger partial charge on any atom is 2.00 e. The van der Waals surface area contributed by atoms with E-state index >= 15 is 0 Å². The van der Waals surface area contributed by atoms with Crippen molar-refractivity contribution in [3.63, 3.8) is 0 Å². The van der Waals surface area contributed by atoms with Crippen LogP contribution in [0.25, 0.3) is 0 Å². The van der Waals surface area contributed by atoms with Crippen LogP contribution in [-0.2, 0) is 153 Å². The largest absolute Gasteiger partial charge is 2.00 e. The van der Waals surface area contributed by atoms with E-state index < -0.39 is 31.3 Å². The topological polar surface area (TPSA) is 579 Å². The molecule has 0 bridgehead atoms. The molecule has 0 aliphatic rings. The fraction of sp³-hybridized carbons (Fsp3) is 0. The fourth-order valence-electron chi connectivity index (χ4n) is 0. The molecule has 0 atom stereocenters. The molecule has 0 fully saturated rings. The van der Waals surface area contributed by atoms with Crippen molar-refractivity contribution in [2.75, 3.05) is 0 Å². The SMILES string of the molecule is O=P([O-])([O-])[O-].O=P([O-])([O-])[O-].O=P([O-])([O-])[O-].O=P([O-])([O-])[O-].[Mo].[Mo].[Mo].[Ni+2].[Ni+2].[Ni+2].[O-2].[O-2].[O-2].[O-2].[OH-].[OH-].[OH-].[OH-]. The van der Waals surface area contributed by atoms with E-state index in [1.165, 1.54) is 0 Å². The van der Waals surface area contributed by atoms with E-state index in [0.29, 0.717) is 0 Å². The Hall–Kier alpha value is 3.67. The van der Waals surface area contributed by atoms with Gasteiger partial charge in [-0.15, -0.1) is 0 Å². The molecule has 0 rings (SSSR count). The average molecular weight is 976 g/mol. The van der Waals surface area contributed by atoms with E-state index in [1.807, 2.05) is 0 Å². The van der Waals surface area contributed by atoms with Gasteiger partial charge in [0.2, 0.25) is 0 Å². The van der Waals surface area contributed by atoms with Crippen molar-refractivity contribution in [1.29, 1.82) is 0 Å². The number of rotatable bonds is 0. The number of phosphoric acid groups is 4. The molecule has 4 N–H and O–H groups in total. The van der Waals surface area contributed by atoms with Gasteiger partial charge in [0.1, 0.15) is 0 Å². The standard InChI is InChI=1S/3Mo.3Ni.4H3O4P.4H2O.4O/c;;;;;;4*1-5(2,3)4;;;;;;;;/h;;;;;;4*(H3,1,2,3,4);4*1H2;;;;/q;;;3*+2;;;;;;;;;4*-2/p-16. The Bertz CT molecular complexity index is 310. The van der Waals surface area contributed by atoms with Crippen LogP contribution < -0.4 is 58.7 Å². The summed E-state index contributed by atoms with van der Waals surface area (Å²) in [5.41, 5.74) is 0. The van der Waals surface area contributed by atoms with Crippen molar-refractivity contribution in [3.05, 3.63) is 0 Å². The minimum Gasteiger partial charge on any atom is -2.00 e. The van der Waals surface area contributed by atoms with E-state index in [9.17, 15) is 0 Å². The molecule has 0 radical (unpaired) electrons. The summed E-state index contributed by atoms with van der Waals surface area (Å²) in [6.07, 6.45) is 0. The molecule has 0 aliphatic heterocycles. The van der Waals surface area contributed by atoms with Crippen LogP contribution in [0.5, 0.6) is 0 Å². The molecule has 0 saturated carbocycles. The zero-order valence-electron chi connectivity index (χ0n) is 13.9. The van der Waals surface area contributed by atoms with Crippen LogP contribution in [-0.4, -0.2) is 21.9 Å². The summed E-state index contributed by atoms with van der Waals surface area (Å²) in [7, 11) is -21.6. The molecule has 24 nitrogen and oxygen atoms in total. The smallest absolute Gasteiger partial charge is 2.00 e. The second-order valence-corrected chi connectivity index (χ2v) is 5.37. The average Bonchev–Trinajstić information content (AvgIpc) is 1.62. The molecular formula is H4Mo3Ni3O24P4-18. The summed E-state index contributed by atoms with van der Waals surface area (Å²) < 4.78 is 34.2. The fourth-order valence-corrected chi connectivity index (χ4v) is 0. The molecule has 0 aromatic rings. The second kappa shape index (κ2) is 60.9. The van der Waals surface area contributed by atoms with Gasteiger partial charge in [-0.25, -0.2) is 0 Å². The van der Waals surface area contributed by atoms with Crippen molar-refractivity contribution in [1.82, 2.24) is 0 Å².